The fourth-order valence-corrected chi connectivity index (χ4v) is 1.09. The number of carbonyl (C=O) groups excluding carboxylic acids is 1. The van der Waals surface area contributed by atoms with Gasteiger partial charge in [0.05, 0.1) is 12.2 Å². The summed E-state index contributed by atoms with van der Waals surface area (Å²) in [7, 11) is 0. The summed E-state index contributed by atoms with van der Waals surface area (Å²) >= 11 is 0. The molecular weight excluding hydrogens is 187 g/mol. The molecule has 0 aromatic heterocycles. The zero-order valence-electron chi connectivity index (χ0n) is 8.00. The highest BCUT2D eigenvalue weighted by Gasteiger charge is 2.14. The van der Waals surface area contributed by atoms with Gasteiger partial charge in [-0.2, -0.15) is 0 Å². The maximum atomic E-state index is 13.1. The van der Waals surface area contributed by atoms with Gasteiger partial charge in [-0.25, -0.2) is 9.18 Å². The van der Waals surface area contributed by atoms with Gasteiger partial charge >= 0.3 is 5.97 Å². The number of rotatable bonds is 2. The van der Waals surface area contributed by atoms with Crippen molar-refractivity contribution in [1.82, 2.24) is 0 Å². The highest BCUT2D eigenvalue weighted by Crippen LogP contribution is 2.20. The molecule has 0 bridgehead atoms. The van der Waals surface area contributed by atoms with Gasteiger partial charge in [0.15, 0.2) is 0 Å². The van der Waals surface area contributed by atoms with Crippen molar-refractivity contribution in [2.75, 3.05) is 6.61 Å². The average molecular weight is 198 g/mol. The number of hydrogen-bond donors (Lipinski definition) is 1. The SMILES string of the molecule is CCOC(=O)c1cc(O)cc(F)c1C. The molecule has 14 heavy (non-hydrogen) atoms. The molecule has 0 aliphatic carbocycles. The normalized spacial score (nSPS) is 9.93. The van der Waals surface area contributed by atoms with Crippen LogP contribution in [0, 0.1) is 12.7 Å². The van der Waals surface area contributed by atoms with Crippen molar-refractivity contribution in [3.8, 4) is 5.75 Å². The van der Waals surface area contributed by atoms with Crippen molar-refractivity contribution in [2.24, 2.45) is 0 Å². The number of aromatic hydroxyl groups is 1. The number of phenolic OH excluding ortho intramolecular Hbond substituents is 1. The Morgan fingerprint density at radius 2 is 2.21 bits per heavy atom. The van der Waals surface area contributed by atoms with E-state index in [4.69, 9.17) is 9.84 Å². The van der Waals surface area contributed by atoms with Crippen LogP contribution in [0.4, 0.5) is 4.39 Å². The van der Waals surface area contributed by atoms with Crippen LogP contribution in [0.25, 0.3) is 0 Å². The van der Waals surface area contributed by atoms with E-state index in [0.29, 0.717) is 0 Å². The molecule has 0 atom stereocenters. The summed E-state index contributed by atoms with van der Waals surface area (Å²) in [4.78, 5) is 11.3. The topological polar surface area (TPSA) is 46.5 Å². The van der Waals surface area contributed by atoms with Crippen LogP contribution in [-0.4, -0.2) is 17.7 Å². The molecule has 0 amide bonds. The number of ether oxygens (including phenoxy) is 1. The molecule has 4 heteroatoms. The molecule has 0 spiro atoms. The summed E-state index contributed by atoms with van der Waals surface area (Å²) in [6.07, 6.45) is 0. The predicted molar refractivity (Wildman–Crippen MR) is 48.8 cm³/mol. The van der Waals surface area contributed by atoms with Gasteiger partial charge in [-0.15, -0.1) is 0 Å². The first-order valence-corrected chi connectivity index (χ1v) is 4.22. The fraction of sp³-hybridized carbons (Fsp3) is 0.300. The number of phenols is 1. The molecule has 0 aliphatic heterocycles. The molecule has 0 saturated heterocycles. The number of hydrogen-bond acceptors (Lipinski definition) is 3. The predicted octanol–water partition coefficient (Wildman–Crippen LogP) is 2.02. The second-order valence-electron chi connectivity index (χ2n) is 2.82. The molecule has 0 aliphatic rings. The minimum Gasteiger partial charge on any atom is -0.508 e. The van der Waals surface area contributed by atoms with E-state index in [9.17, 15) is 9.18 Å². The zero-order chi connectivity index (χ0) is 10.7. The summed E-state index contributed by atoms with van der Waals surface area (Å²) in [5.74, 6) is -1.52. The van der Waals surface area contributed by atoms with Crippen LogP contribution >= 0.6 is 0 Å². The molecule has 1 N–H and O–H groups in total. The first-order valence-electron chi connectivity index (χ1n) is 4.22. The summed E-state index contributed by atoms with van der Waals surface area (Å²) in [6.45, 7) is 3.34. The molecule has 0 fully saturated rings. The Morgan fingerprint density at radius 1 is 1.57 bits per heavy atom. The van der Waals surface area contributed by atoms with E-state index < -0.39 is 11.8 Å². The Kier molecular flexibility index (Phi) is 3.06. The third-order valence-electron chi connectivity index (χ3n) is 1.82. The van der Waals surface area contributed by atoms with Gasteiger partial charge in [-0.05, 0) is 25.5 Å². The van der Waals surface area contributed by atoms with E-state index in [2.05, 4.69) is 0 Å². The summed E-state index contributed by atoms with van der Waals surface area (Å²) in [6, 6.07) is 2.15. The lowest BCUT2D eigenvalue weighted by atomic mass is 10.1. The van der Waals surface area contributed by atoms with E-state index >= 15 is 0 Å². The van der Waals surface area contributed by atoms with Crippen LogP contribution in [-0.2, 0) is 4.74 Å². The maximum Gasteiger partial charge on any atom is 0.338 e. The van der Waals surface area contributed by atoms with Crippen molar-refractivity contribution in [2.45, 2.75) is 13.8 Å². The minimum atomic E-state index is -0.625. The standard InChI is InChI=1S/C10H11FO3/c1-3-14-10(13)8-4-7(12)5-9(11)6(8)2/h4-5,12H,3H2,1-2H3. The number of esters is 1. The number of benzene rings is 1. The first kappa shape index (κ1) is 10.5. The van der Waals surface area contributed by atoms with Gasteiger partial charge in [0.2, 0.25) is 0 Å². The molecular formula is C10H11FO3. The lowest BCUT2D eigenvalue weighted by Crippen LogP contribution is -2.07. The van der Waals surface area contributed by atoms with Crippen LogP contribution in [0.15, 0.2) is 12.1 Å². The fourth-order valence-electron chi connectivity index (χ4n) is 1.09. The Hall–Kier alpha value is -1.58. The van der Waals surface area contributed by atoms with Crippen LogP contribution < -0.4 is 0 Å². The van der Waals surface area contributed by atoms with E-state index in [1.54, 1.807) is 6.92 Å². The van der Waals surface area contributed by atoms with Crippen LogP contribution in [0.1, 0.15) is 22.8 Å². The van der Waals surface area contributed by atoms with E-state index in [1.807, 2.05) is 0 Å². The van der Waals surface area contributed by atoms with Crippen LogP contribution in [0.3, 0.4) is 0 Å². The summed E-state index contributed by atoms with van der Waals surface area (Å²) in [5.41, 5.74) is 0.241. The summed E-state index contributed by atoms with van der Waals surface area (Å²) < 4.78 is 17.8. The van der Waals surface area contributed by atoms with Crippen LogP contribution in [0.2, 0.25) is 0 Å². The highest BCUT2D eigenvalue weighted by molar-refractivity contribution is 5.91. The molecule has 76 valence electrons. The van der Waals surface area contributed by atoms with Crippen LogP contribution in [0.5, 0.6) is 5.75 Å². The number of halogens is 1. The highest BCUT2D eigenvalue weighted by atomic mass is 19.1. The molecule has 0 heterocycles. The van der Waals surface area contributed by atoms with Gasteiger partial charge in [0, 0.05) is 6.07 Å². The van der Waals surface area contributed by atoms with Crippen molar-refractivity contribution < 1.29 is 19.0 Å². The average Bonchev–Trinajstić information content (AvgIpc) is 2.11. The van der Waals surface area contributed by atoms with Gasteiger partial charge < -0.3 is 9.84 Å². The van der Waals surface area contributed by atoms with E-state index in [0.717, 1.165) is 6.07 Å². The third-order valence-corrected chi connectivity index (χ3v) is 1.82. The molecule has 1 rings (SSSR count). The molecule has 1 aromatic rings. The van der Waals surface area contributed by atoms with Gasteiger partial charge in [0.25, 0.3) is 0 Å². The molecule has 3 nitrogen and oxygen atoms in total. The quantitative estimate of drug-likeness (QED) is 0.739. The van der Waals surface area contributed by atoms with Gasteiger partial charge in [-0.1, -0.05) is 0 Å². The lowest BCUT2D eigenvalue weighted by Gasteiger charge is -2.06. The lowest BCUT2D eigenvalue weighted by molar-refractivity contribution is 0.0524. The third kappa shape index (κ3) is 2.02. The van der Waals surface area contributed by atoms with Crippen molar-refractivity contribution >= 4 is 5.97 Å². The zero-order valence-corrected chi connectivity index (χ0v) is 8.00. The number of carbonyl (C=O) groups is 1. The Labute approximate surface area is 81.1 Å². The smallest absolute Gasteiger partial charge is 0.338 e. The van der Waals surface area contributed by atoms with E-state index in [-0.39, 0.29) is 23.5 Å². The second kappa shape index (κ2) is 4.09. The van der Waals surface area contributed by atoms with Gasteiger partial charge in [-0.3, -0.25) is 0 Å². The van der Waals surface area contributed by atoms with Gasteiger partial charge in [0.1, 0.15) is 11.6 Å². The Morgan fingerprint density at radius 3 is 2.79 bits per heavy atom. The molecule has 0 saturated carbocycles. The Balaban J connectivity index is 3.13. The summed E-state index contributed by atoms with van der Waals surface area (Å²) in [5, 5.41) is 9.09. The maximum absolute atomic E-state index is 13.1. The molecule has 0 radical (unpaired) electrons. The first-order chi connectivity index (χ1) is 6.56. The van der Waals surface area contributed by atoms with Crippen molar-refractivity contribution in [3.63, 3.8) is 0 Å². The monoisotopic (exact) mass is 198 g/mol. The minimum absolute atomic E-state index is 0.0596. The largest absolute Gasteiger partial charge is 0.508 e. The van der Waals surface area contributed by atoms with E-state index in [1.165, 1.54) is 13.0 Å². The second-order valence-corrected chi connectivity index (χ2v) is 2.82. The van der Waals surface area contributed by atoms with Crippen molar-refractivity contribution in [1.29, 1.82) is 0 Å². The Bertz CT molecular complexity index is 361. The molecule has 0 unspecified atom stereocenters. The molecule has 1 aromatic carbocycles. The van der Waals surface area contributed by atoms with Crippen molar-refractivity contribution in [3.05, 3.63) is 29.1 Å².